The molecule has 1 aliphatic rings. The smallest absolute Gasteiger partial charge is 0.328 e. The lowest BCUT2D eigenvalue weighted by molar-refractivity contribution is -0.144. The number of rotatable bonds is 3. The summed E-state index contributed by atoms with van der Waals surface area (Å²) >= 11 is 0. The molecule has 0 bridgehead atoms. The van der Waals surface area contributed by atoms with Crippen molar-refractivity contribution < 1.29 is 19.5 Å². The Balaban J connectivity index is 2.33. The third-order valence-electron chi connectivity index (χ3n) is 3.36. The van der Waals surface area contributed by atoms with Gasteiger partial charge in [0.1, 0.15) is 12.6 Å². The Hall–Kier alpha value is -2.37. The molecule has 0 radical (unpaired) electrons. The molecule has 1 heterocycles. The van der Waals surface area contributed by atoms with E-state index in [1.54, 1.807) is 12.1 Å². The van der Waals surface area contributed by atoms with Crippen LogP contribution in [0, 0.1) is 0 Å². The van der Waals surface area contributed by atoms with Crippen molar-refractivity contribution in [1.82, 2.24) is 10.2 Å². The van der Waals surface area contributed by atoms with E-state index in [1.807, 2.05) is 19.1 Å². The van der Waals surface area contributed by atoms with Crippen molar-refractivity contribution in [3.63, 3.8) is 0 Å². The molecular formula is C14H16N2O4. The zero-order chi connectivity index (χ0) is 14.7. The van der Waals surface area contributed by atoms with Crippen LogP contribution >= 0.6 is 0 Å². The van der Waals surface area contributed by atoms with E-state index in [-0.39, 0.29) is 19.0 Å². The maximum atomic E-state index is 12.5. The number of carboxylic acid groups (broad SMARTS) is 1. The Bertz CT molecular complexity index is 556. The summed E-state index contributed by atoms with van der Waals surface area (Å²) in [5.41, 5.74) is 1.29. The highest BCUT2D eigenvalue weighted by Crippen LogP contribution is 2.16. The number of piperazine rings is 1. The largest absolute Gasteiger partial charge is 0.480 e. The number of nitrogens with one attached hydrogen (secondary N) is 1. The number of hydrogen-bond donors (Lipinski definition) is 2. The summed E-state index contributed by atoms with van der Waals surface area (Å²) in [6.45, 7) is 1.63. The third-order valence-corrected chi connectivity index (χ3v) is 3.36. The molecule has 1 atom stereocenters. The molecule has 2 rings (SSSR count). The Labute approximate surface area is 116 Å². The van der Waals surface area contributed by atoms with Gasteiger partial charge in [-0.15, -0.1) is 0 Å². The predicted octanol–water partition coefficient (Wildman–Crippen LogP) is 0.274. The molecule has 1 fully saturated rings. The van der Waals surface area contributed by atoms with Crippen LogP contribution in [0.1, 0.15) is 22.8 Å². The zero-order valence-corrected chi connectivity index (χ0v) is 11.1. The van der Waals surface area contributed by atoms with Crippen LogP contribution in [-0.4, -0.2) is 46.9 Å². The van der Waals surface area contributed by atoms with Gasteiger partial charge in [0.2, 0.25) is 5.91 Å². The summed E-state index contributed by atoms with van der Waals surface area (Å²) in [4.78, 5) is 36.3. The van der Waals surface area contributed by atoms with Crippen molar-refractivity contribution in [1.29, 1.82) is 0 Å². The number of aryl methyl sites for hydroxylation is 1. The number of benzene rings is 1. The van der Waals surface area contributed by atoms with Gasteiger partial charge in [0, 0.05) is 12.1 Å². The molecule has 106 valence electrons. The quantitative estimate of drug-likeness (QED) is 0.830. The molecule has 1 aliphatic heterocycles. The molecular weight excluding hydrogens is 260 g/mol. The summed E-state index contributed by atoms with van der Waals surface area (Å²) in [5, 5.41) is 11.6. The molecule has 2 amide bonds. The van der Waals surface area contributed by atoms with Gasteiger partial charge >= 0.3 is 5.97 Å². The first-order chi connectivity index (χ1) is 9.54. The second kappa shape index (κ2) is 5.73. The topological polar surface area (TPSA) is 86.7 Å². The SMILES string of the molecule is CCc1ccccc1C(=O)N1CC(=O)NCC1C(=O)O. The van der Waals surface area contributed by atoms with E-state index in [4.69, 9.17) is 0 Å². The minimum Gasteiger partial charge on any atom is -0.480 e. The molecule has 0 aromatic heterocycles. The lowest BCUT2D eigenvalue weighted by atomic mass is 10.0. The molecule has 1 saturated heterocycles. The second-order valence-corrected chi connectivity index (χ2v) is 4.60. The summed E-state index contributed by atoms with van der Waals surface area (Å²) in [6.07, 6.45) is 0.666. The Morgan fingerprint density at radius 2 is 2.10 bits per heavy atom. The first-order valence-corrected chi connectivity index (χ1v) is 6.43. The average Bonchev–Trinajstić information content (AvgIpc) is 2.46. The standard InChI is InChI=1S/C14H16N2O4/c1-2-9-5-3-4-6-10(9)13(18)16-8-12(17)15-7-11(16)14(19)20/h3-6,11H,2,7-8H2,1H3,(H,15,17)(H,19,20). The van der Waals surface area contributed by atoms with E-state index in [0.717, 1.165) is 10.5 Å². The normalized spacial score (nSPS) is 18.6. The van der Waals surface area contributed by atoms with Gasteiger partial charge in [-0.05, 0) is 18.1 Å². The van der Waals surface area contributed by atoms with Crippen LogP contribution < -0.4 is 5.32 Å². The molecule has 1 unspecified atom stereocenters. The van der Waals surface area contributed by atoms with Crippen molar-refractivity contribution in [2.75, 3.05) is 13.1 Å². The van der Waals surface area contributed by atoms with E-state index in [2.05, 4.69) is 5.32 Å². The fourth-order valence-electron chi connectivity index (χ4n) is 2.27. The fourth-order valence-corrected chi connectivity index (χ4v) is 2.27. The molecule has 20 heavy (non-hydrogen) atoms. The van der Waals surface area contributed by atoms with Crippen molar-refractivity contribution >= 4 is 17.8 Å². The van der Waals surface area contributed by atoms with Gasteiger partial charge in [0.15, 0.2) is 0 Å². The minimum absolute atomic E-state index is 0.0613. The molecule has 2 N–H and O–H groups in total. The summed E-state index contributed by atoms with van der Waals surface area (Å²) in [5.74, 6) is -1.87. The Morgan fingerprint density at radius 3 is 2.75 bits per heavy atom. The molecule has 6 nitrogen and oxygen atoms in total. The number of amides is 2. The Kier molecular flexibility index (Phi) is 4.02. The number of aliphatic carboxylic acids is 1. The van der Waals surface area contributed by atoms with Crippen LogP contribution in [0.4, 0.5) is 0 Å². The van der Waals surface area contributed by atoms with Crippen molar-refractivity contribution in [3.05, 3.63) is 35.4 Å². The van der Waals surface area contributed by atoms with Gasteiger partial charge in [-0.1, -0.05) is 25.1 Å². The van der Waals surface area contributed by atoms with Gasteiger partial charge in [0.05, 0.1) is 0 Å². The molecule has 1 aromatic carbocycles. The monoisotopic (exact) mass is 276 g/mol. The van der Waals surface area contributed by atoms with Gasteiger partial charge in [0.25, 0.3) is 5.91 Å². The van der Waals surface area contributed by atoms with E-state index < -0.39 is 17.9 Å². The third kappa shape index (κ3) is 2.64. The lowest BCUT2D eigenvalue weighted by Gasteiger charge is -2.33. The van der Waals surface area contributed by atoms with Crippen LogP contribution in [0.15, 0.2) is 24.3 Å². The van der Waals surface area contributed by atoms with Crippen LogP contribution in [0.3, 0.4) is 0 Å². The zero-order valence-electron chi connectivity index (χ0n) is 11.1. The molecule has 0 aliphatic carbocycles. The Morgan fingerprint density at radius 1 is 1.40 bits per heavy atom. The number of hydrogen-bond acceptors (Lipinski definition) is 3. The summed E-state index contributed by atoms with van der Waals surface area (Å²) < 4.78 is 0. The maximum Gasteiger partial charge on any atom is 0.328 e. The average molecular weight is 276 g/mol. The van der Waals surface area contributed by atoms with Crippen LogP contribution in [-0.2, 0) is 16.0 Å². The van der Waals surface area contributed by atoms with Gasteiger partial charge in [-0.3, -0.25) is 9.59 Å². The number of carbonyl (C=O) groups is 3. The highest BCUT2D eigenvalue weighted by atomic mass is 16.4. The summed E-state index contributed by atoms with van der Waals surface area (Å²) in [7, 11) is 0. The lowest BCUT2D eigenvalue weighted by Crippen LogP contribution is -2.59. The van der Waals surface area contributed by atoms with Crippen molar-refractivity contribution in [2.45, 2.75) is 19.4 Å². The maximum absolute atomic E-state index is 12.5. The molecule has 1 aromatic rings. The first-order valence-electron chi connectivity index (χ1n) is 6.43. The van der Waals surface area contributed by atoms with E-state index in [9.17, 15) is 19.5 Å². The van der Waals surface area contributed by atoms with Gasteiger partial charge in [-0.2, -0.15) is 0 Å². The second-order valence-electron chi connectivity index (χ2n) is 4.60. The minimum atomic E-state index is -1.12. The van der Waals surface area contributed by atoms with Crippen LogP contribution in [0.5, 0.6) is 0 Å². The van der Waals surface area contributed by atoms with Gasteiger partial charge < -0.3 is 15.3 Å². The molecule has 0 saturated carbocycles. The highest BCUT2D eigenvalue weighted by molar-refractivity contribution is 6.00. The van der Waals surface area contributed by atoms with E-state index in [0.29, 0.717) is 12.0 Å². The number of carboxylic acids is 1. The van der Waals surface area contributed by atoms with Gasteiger partial charge in [-0.25, -0.2) is 4.79 Å². The van der Waals surface area contributed by atoms with Crippen LogP contribution in [0.25, 0.3) is 0 Å². The highest BCUT2D eigenvalue weighted by Gasteiger charge is 2.36. The number of nitrogens with zero attached hydrogens (tertiary/aromatic N) is 1. The summed E-state index contributed by atoms with van der Waals surface area (Å²) in [6, 6.07) is 6.02. The molecule has 0 spiro atoms. The molecule has 6 heteroatoms. The van der Waals surface area contributed by atoms with E-state index in [1.165, 1.54) is 0 Å². The first kappa shape index (κ1) is 14.0. The van der Waals surface area contributed by atoms with Crippen molar-refractivity contribution in [2.24, 2.45) is 0 Å². The van der Waals surface area contributed by atoms with E-state index >= 15 is 0 Å². The van der Waals surface area contributed by atoms with Crippen molar-refractivity contribution in [3.8, 4) is 0 Å². The number of carbonyl (C=O) groups excluding carboxylic acids is 2. The fraction of sp³-hybridized carbons (Fsp3) is 0.357. The predicted molar refractivity (Wildman–Crippen MR) is 71.3 cm³/mol. The van der Waals surface area contributed by atoms with Crippen LogP contribution in [0.2, 0.25) is 0 Å².